The fourth-order valence-corrected chi connectivity index (χ4v) is 1.62. The summed E-state index contributed by atoms with van der Waals surface area (Å²) in [4.78, 5) is 10.6. The van der Waals surface area contributed by atoms with Gasteiger partial charge in [0.25, 0.3) is 0 Å². The number of benzene rings is 1. The molecule has 0 radical (unpaired) electrons. The second-order valence-electron chi connectivity index (χ2n) is 4.27. The van der Waals surface area contributed by atoms with E-state index in [1.165, 1.54) is 12.5 Å². The number of carboxylic acid groups (broad SMARTS) is 1. The second kappa shape index (κ2) is 5.01. The van der Waals surface area contributed by atoms with Gasteiger partial charge in [0.1, 0.15) is 5.75 Å². The highest BCUT2D eigenvalue weighted by atomic mass is 16.5. The van der Waals surface area contributed by atoms with Crippen LogP contribution in [0.25, 0.3) is 0 Å². The van der Waals surface area contributed by atoms with Crippen molar-refractivity contribution in [3.05, 3.63) is 29.3 Å². The van der Waals surface area contributed by atoms with Gasteiger partial charge in [0, 0.05) is 0 Å². The van der Waals surface area contributed by atoms with Crippen molar-refractivity contribution < 1.29 is 14.6 Å². The molecule has 0 amide bonds. The highest BCUT2D eigenvalue weighted by molar-refractivity contribution is 5.72. The van der Waals surface area contributed by atoms with Crippen LogP contribution in [-0.2, 0) is 4.79 Å². The third-order valence-corrected chi connectivity index (χ3v) is 2.52. The number of carboxylic acids is 1. The van der Waals surface area contributed by atoms with Gasteiger partial charge in [-0.05, 0) is 43.0 Å². The van der Waals surface area contributed by atoms with Gasteiger partial charge in [-0.3, -0.25) is 0 Å². The molecule has 1 atom stereocenters. The number of aliphatic carboxylic acids is 1. The summed E-state index contributed by atoms with van der Waals surface area (Å²) in [7, 11) is 0. The number of ether oxygens (including phenoxy) is 1. The Bertz CT molecular complexity index is 383. The van der Waals surface area contributed by atoms with Crippen LogP contribution < -0.4 is 4.74 Å². The van der Waals surface area contributed by atoms with Gasteiger partial charge in [-0.2, -0.15) is 0 Å². The van der Waals surface area contributed by atoms with Gasteiger partial charge >= 0.3 is 5.97 Å². The van der Waals surface area contributed by atoms with E-state index in [1.54, 1.807) is 0 Å². The Hall–Kier alpha value is -1.51. The Labute approximate surface area is 96.1 Å². The van der Waals surface area contributed by atoms with Crippen LogP contribution in [0.4, 0.5) is 0 Å². The first-order valence-corrected chi connectivity index (χ1v) is 5.41. The molecule has 0 aliphatic heterocycles. The van der Waals surface area contributed by atoms with Gasteiger partial charge in [-0.25, -0.2) is 4.79 Å². The molecule has 0 saturated carbocycles. The number of aryl methyl sites for hydroxylation is 1. The first-order valence-electron chi connectivity index (χ1n) is 5.41. The summed E-state index contributed by atoms with van der Waals surface area (Å²) >= 11 is 0. The third-order valence-electron chi connectivity index (χ3n) is 2.52. The van der Waals surface area contributed by atoms with Crippen molar-refractivity contribution in [2.75, 3.05) is 0 Å². The molecule has 0 fully saturated rings. The molecule has 1 rings (SSSR count). The van der Waals surface area contributed by atoms with E-state index in [4.69, 9.17) is 9.84 Å². The van der Waals surface area contributed by atoms with Gasteiger partial charge in [0.15, 0.2) is 6.10 Å². The van der Waals surface area contributed by atoms with E-state index < -0.39 is 12.1 Å². The van der Waals surface area contributed by atoms with Crippen molar-refractivity contribution in [2.24, 2.45) is 0 Å². The monoisotopic (exact) mass is 222 g/mol. The summed E-state index contributed by atoms with van der Waals surface area (Å²) in [6.45, 7) is 7.78. The maximum atomic E-state index is 10.6. The lowest BCUT2D eigenvalue weighted by atomic mass is 9.98. The first kappa shape index (κ1) is 12.6. The third kappa shape index (κ3) is 2.99. The summed E-state index contributed by atoms with van der Waals surface area (Å²) in [5, 5.41) is 8.73. The first-order chi connectivity index (χ1) is 7.41. The second-order valence-corrected chi connectivity index (χ2v) is 4.27. The van der Waals surface area contributed by atoms with Crippen molar-refractivity contribution >= 4 is 5.97 Å². The van der Waals surface area contributed by atoms with E-state index in [0.717, 1.165) is 5.56 Å². The maximum Gasteiger partial charge on any atom is 0.344 e. The average Bonchev–Trinajstić information content (AvgIpc) is 2.16. The Morgan fingerprint density at radius 3 is 2.38 bits per heavy atom. The van der Waals surface area contributed by atoms with Crippen molar-refractivity contribution in [2.45, 2.75) is 39.7 Å². The number of hydrogen-bond acceptors (Lipinski definition) is 2. The summed E-state index contributed by atoms with van der Waals surface area (Å²) in [5.74, 6) is 0.119. The molecule has 1 aromatic carbocycles. The Balaban J connectivity index is 2.85. The summed E-state index contributed by atoms with van der Waals surface area (Å²) in [6, 6.07) is 5.69. The smallest absolute Gasteiger partial charge is 0.344 e. The fraction of sp³-hybridized carbons (Fsp3) is 0.462. The summed E-state index contributed by atoms with van der Waals surface area (Å²) in [5.41, 5.74) is 2.39. The Morgan fingerprint density at radius 2 is 1.94 bits per heavy atom. The van der Waals surface area contributed by atoms with Crippen LogP contribution in [-0.4, -0.2) is 17.2 Å². The van der Waals surface area contributed by atoms with E-state index in [2.05, 4.69) is 13.8 Å². The lowest BCUT2D eigenvalue weighted by molar-refractivity contribution is -0.144. The predicted molar refractivity (Wildman–Crippen MR) is 63.0 cm³/mol. The van der Waals surface area contributed by atoms with E-state index in [0.29, 0.717) is 11.7 Å². The minimum Gasteiger partial charge on any atom is -0.479 e. The van der Waals surface area contributed by atoms with Gasteiger partial charge in [-0.15, -0.1) is 0 Å². The minimum atomic E-state index is -0.953. The van der Waals surface area contributed by atoms with E-state index >= 15 is 0 Å². The number of carbonyl (C=O) groups is 1. The van der Waals surface area contributed by atoms with Gasteiger partial charge in [0.2, 0.25) is 0 Å². The molecule has 0 heterocycles. The van der Waals surface area contributed by atoms with Crippen molar-refractivity contribution in [1.82, 2.24) is 0 Å². The van der Waals surface area contributed by atoms with Gasteiger partial charge in [0.05, 0.1) is 0 Å². The minimum absolute atomic E-state index is 0.464. The average molecular weight is 222 g/mol. The van der Waals surface area contributed by atoms with Crippen LogP contribution in [0.1, 0.15) is 37.8 Å². The topological polar surface area (TPSA) is 46.5 Å². The van der Waals surface area contributed by atoms with Crippen LogP contribution >= 0.6 is 0 Å². The van der Waals surface area contributed by atoms with Gasteiger partial charge < -0.3 is 9.84 Å². The molecule has 0 saturated heterocycles. The lowest BCUT2D eigenvalue weighted by Crippen LogP contribution is -2.22. The highest BCUT2D eigenvalue weighted by Gasteiger charge is 2.13. The molecular formula is C13H18O3. The molecule has 0 aliphatic carbocycles. The van der Waals surface area contributed by atoms with E-state index in [1.807, 2.05) is 25.1 Å². The molecule has 0 spiro atoms. The molecule has 0 aliphatic rings. The van der Waals surface area contributed by atoms with Crippen molar-refractivity contribution in [3.63, 3.8) is 0 Å². The van der Waals surface area contributed by atoms with E-state index in [9.17, 15) is 4.79 Å². The molecule has 1 aromatic rings. The molecule has 0 bridgehead atoms. The SMILES string of the molecule is Cc1cc(O[C@@H](C)C(=O)O)ccc1C(C)C. The van der Waals surface area contributed by atoms with Crippen molar-refractivity contribution in [3.8, 4) is 5.75 Å². The molecule has 3 nitrogen and oxygen atoms in total. The summed E-state index contributed by atoms with van der Waals surface area (Å²) < 4.78 is 5.29. The number of rotatable bonds is 4. The van der Waals surface area contributed by atoms with Crippen molar-refractivity contribution in [1.29, 1.82) is 0 Å². The zero-order valence-corrected chi connectivity index (χ0v) is 10.2. The van der Waals surface area contributed by atoms with E-state index in [-0.39, 0.29) is 0 Å². The Kier molecular flexibility index (Phi) is 3.93. The van der Waals surface area contributed by atoms with Crippen LogP contribution in [0.2, 0.25) is 0 Å². The largest absolute Gasteiger partial charge is 0.479 e. The maximum absolute atomic E-state index is 10.6. The highest BCUT2D eigenvalue weighted by Crippen LogP contribution is 2.24. The molecule has 0 aromatic heterocycles. The quantitative estimate of drug-likeness (QED) is 0.851. The number of hydrogen-bond donors (Lipinski definition) is 1. The standard InChI is InChI=1S/C13H18O3/c1-8(2)12-6-5-11(7-9(12)3)16-10(4)13(14)15/h5-8,10H,1-4H3,(H,14,15)/t10-/m0/s1. The molecule has 3 heteroatoms. The van der Waals surface area contributed by atoms with Crippen LogP contribution in [0.15, 0.2) is 18.2 Å². The van der Waals surface area contributed by atoms with Crippen LogP contribution in [0.3, 0.4) is 0 Å². The normalized spacial score (nSPS) is 12.6. The molecule has 0 unspecified atom stereocenters. The molecule has 16 heavy (non-hydrogen) atoms. The molecule has 1 N–H and O–H groups in total. The Morgan fingerprint density at radius 1 is 1.31 bits per heavy atom. The zero-order valence-electron chi connectivity index (χ0n) is 10.2. The van der Waals surface area contributed by atoms with Gasteiger partial charge in [-0.1, -0.05) is 19.9 Å². The zero-order chi connectivity index (χ0) is 12.3. The molecule has 88 valence electrons. The molecular weight excluding hydrogens is 204 g/mol. The summed E-state index contributed by atoms with van der Waals surface area (Å²) in [6.07, 6.45) is -0.815. The predicted octanol–water partition coefficient (Wildman–Crippen LogP) is 2.97. The van der Waals surface area contributed by atoms with Crippen LogP contribution in [0, 0.1) is 6.92 Å². The lowest BCUT2D eigenvalue weighted by Gasteiger charge is -2.14. The van der Waals surface area contributed by atoms with Crippen LogP contribution in [0.5, 0.6) is 5.75 Å². The fourth-order valence-electron chi connectivity index (χ4n) is 1.62.